The average Bonchev–Trinajstić information content (AvgIpc) is 0.726. The average molecular weight is 1720 g/mol. The van der Waals surface area contributed by atoms with Gasteiger partial charge in [0.25, 0.3) is 0 Å². The van der Waals surface area contributed by atoms with E-state index >= 15 is 0 Å². The first kappa shape index (κ1) is 107. The Hall–Kier alpha value is -4.19. The van der Waals surface area contributed by atoms with Crippen LogP contribution in [-0.2, 0) is 105 Å². The van der Waals surface area contributed by atoms with Crippen LogP contribution in [0.4, 0.5) is 0 Å². The summed E-state index contributed by atoms with van der Waals surface area (Å²) in [5.41, 5.74) is -4.21. The van der Waals surface area contributed by atoms with Crippen LogP contribution in [0.1, 0.15) is 400 Å². The first-order valence-corrected chi connectivity index (χ1v) is 46.7. The summed E-state index contributed by atoms with van der Waals surface area (Å²) in [5, 5.41) is 7.47. The minimum absolute atomic E-state index is 0.0396. The number of piperidine rings is 4. The van der Waals surface area contributed by atoms with Crippen LogP contribution in [0.2, 0.25) is 0 Å². The number of ether oxygens (including phenoxy) is 11. The lowest BCUT2D eigenvalue weighted by molar-refractivity contribution is -0.401. The quantitative estimate of drug-likeness (QED) is 0.0329. The molecule has 4 spiro atoms. The van der Waals surface area contributed by atoms with Crippen LogP contribution in [0.25, 0.3) is 0 Å². The third-order valence-electron chi connectivity index (χ3n) is 28.2. The first-order valence-electron chi connectivity index (χ1n) is 46.7. The molecule has 121 heavy (non-hydrogen) atoms. The van der Waals surface area contributed by atoms with Crippen molar-refractivity contribution in [1.82, 2.24) is 20.3 Å². The van der Waals surface area contributed by atoms with Gasteiger partial charge in [0.2, 0.25) is 0 Å². The van der Waals surface area contributed by atoms with Crippen molar-refractivity contribution in [3.63, 3.8) is 0 Å². The second-order valence-electron chi connectivity index (χ2n) is 41.5. The molecule has 0 N–H and O–H groups in total. The van der Waals surface area contributed by atoms with Gasteiger partial charge in [-0.15, -0.1) is 20.3 Å². The van der Waals surface area contributed by atoms with Gasteiger partial charge in [0, 0.05) is 110 Å². The molecule has 26 heteroatoms. The summed E-state index contributed by atoms with van der Waals surface area (Å²) in [6.45, 7) is 62.0. The topological polar surface area (TPSA) is 271 Å². The van der Waals surface area contributed by atoms with Gasteiger partial charge in [0.15, 0.2) is 23.1 Å². The van der Waals surface area contributed by atoms with Gasteiger partial charge in [-0.3, -0.25) is 33.6 Å². The van der Waals surface area contributed by atoms with Crippen molar-refractivity contribution in [3.05, 3.63) is 0 Å². The van der Waals surface area contributed by atoms with Gasteiger partial charge in [-0.05, 0) is 127 Å². The smallest absolute Gasteiger partial charge is 0.322 e. The fourth-order valence-electron chi connectivity index (χ4n) is 19.6. The molecule has 8 aliphatic rings. The molecule has 0 aliphatic carbocycles. The number of carbonyl (C=O) groups excluding carboxylic acids is 7. The zero-order valence-corrected chi connectivity index (χ0v) is 81.5. The van der Waals surface area contributed by atoms with Crippen LogP contribution >= 0.6 is 0 Å². The molecular weight excluding hydrogens is 1550 g/mol. The van der Waals surface area contributed by atoms with Crippen LogP contribution in [0.5, 0.6) is 0 Å². The minimum atomic E-state index is -0.776. The summed E-state index contributed by atoms with van der Waals surface area (Å²) in [6, 6.07) is 0. The Balaban J connectivity index is 0.000000298. The summed E-state index contributed by atoms with van der Waals surface area (Å²) in [5.74, 6) is -4.82. The minimum Gasteiger partial charge on any atom is -0.465 e. The van der Waals surface area contributed by atoms with Gasteiger partial charge >= 0.3 is 41.8 Å². The number of rotatable bonds is 34. The van der Waals surface area contributed by atoms with E-state index in [1.807, 2.05) is 22.1 Å². The standard InChI is InChI=1S/C37H69NO6.2C21H37NO6.C16H29NO4/c1-8-12-13-14-15-16-17-18-19-20-21-22-23-24-25-26-33(40)41-29-36(11-4)30-42-37(43-31-36)27-34(6,9-2)38(44-32(5)39)35(7,10-3)28-37;1-9-19(7)11-21(15(3)20(8,10-2)22(19)28-17(5)24)26-13-18(6,14-27-21)12-25-16(4)23;1-8-18(6)11-21(12-19(7,9-2)22(18)28-17(5)24)26-14-20(10-3,15-27-21)13-25-16(4)23;1-12(18)21-17-14(4,5)8-16(9-15(17,6)7)19-10-13(2,3)11-20-16/h8-31H2,1-7H3;15H,9-14H2,1-8H3;8-15H2,1-7H3;8-11H2,1-7H3. The number of hydrogen-bond acceptors (Lipinski definition) is 26. The molecular formula is C95H172N4O22. The normalized spacial score (nSPS) is 34.5. The van der Waals surface area contributed by atoms with E-state index < -0.39 is 56.4 Å². The molecule has 8 saturated heterocycles. The number of hydrogen-bond donors (Lipinski definition) is 0. The maximum absolute atomic E-state index is 12.6. The molecule has 0 radical (unpaired) electrons. The van der Waals surface area contributed by atoms with Crippen LogP contribution in [0.15, 0.2) is 0 Å². The molecule has 8 fully saturated rings. The summed E-state index contributed by atoms with van der Waals surface area (Å²) >= 11 is 0. The molecule has 0 saturated carbocycles. The molecule has 7 atom stereocenters. The van der Waals surface area contributed by atoms with E-state index in [-0.39, 0.29) is 87.0 Å². The third-order valence-corrected chi connectivity index (χ3v) is 28.2. The largest absolute Gasteiger partial charge is 0.465 e. The lowest BCUT2D eigenvalue weighted by atomic mass is 9.67. The maximum atomic E-state index is 12.6. The van der Waals surface area contributed by atoms with E-state index in [4.69, 9.17) is 71.5 Å². The van der Waals surface area contributed by atoms with E-state index in [2.05, 4.69) is 152 Å². The molecule has 0 bridgehead atoms. The second kappa shape index (κ2) is 44.7. The molecule has 0 amide bonds. The number of esters is 3. The van der Waals surface area contributed by atoms with Crippen molar-refractivity contribution < 1.29 is 105 Å². The lowest BCUT2D eigenvalue weighted by Crippen LogP contribution is -2.74. The Morgan fingerprint density at radius 2 is 0.603 bits per heavy atom. The van der Waals surface area contributed by atoms with Gasteiger partial charge in [-0.1, -0.05) is 180 Å². The third kappa shape index (κ3) is 28.7. The van der Waals surface area contributed by atoms with Crippen molar-refractivity contribution in [2.24, 2.45) is 27.6 Å². The van der Waals surface area contributed by atoms with Crippen LogP contribution in [-0.4, -0.2) is 202 Å². The highest BCUT2D eigenvalue weighted by atomic mass is 16.8. The van der Waals surface area contributed by atoms with E-state index in [1.165, 1.54) is 125 Å². The molecule has 0 aromatic heterocycles. The van der Waals surface area contributed by atoms with Crippen molar-refractivity contribution in [3.8, 4) is 0 Å². The van der Waals surface area contributed by atoms with Gasteiger partial charge in [0.1, 0.15) is 19.8 Å². The Kier molecular flexibility index (Phi) is 39.6. The predicted octanol–water partition coefficient (Wildman–Crippen LogP) is 19.8. The molecule has 8 rings (SSSR count). The van der Waals surface area contributed by atoms with Crippen LogP contribution < -0.4 is 0 Å². The van der Waals surface area contributed by atoms with Gasteiger partial charge in [-0.2, -0.15) is 0 Å². The van der Waals surface area contributed by atoms with E-state index in [0.29, 0.717) is 117 Å². The Morgan fingerprint density at radius 1 is 0.306 bits per heavy atom. The molecule has 0 aromatic carbocycles. The number of unbranched alkanes of at least 4 members (excludes halogenated alkanes) is 14. The second-order valence-corrected chi connectivity index (χ2v) is 41.5. The number of hydroxylamine groups is 8. The Bertz CT molecular complexity index is 3190. The summed E-state index contributed by atoms with van der Waals surface area (Å²) in [7, 11) is 0. The Morgan fingerprint density at radius 3 is 0.926 bits per heavy atom. The SMILES string of the molecule is CC(=O)ON1C(C)(C)CC2(CC1(C)C)OCC(C)(C)CO2.CCC1(C)CC2(OCC(C)(COC(C)=O)CO2)C(C)C(C)(CC)N1OC(C)=O.CCC1(COC(C)=O)COC2(CC(C)(CC)N(OC(C)=O)C(C)(CC)C2)OC1.CCCCCCCCCCCCCCCCCC(=O)OCC1(CC)COC2(CC(C)(CC)N(OC(C)=O)C(C)(CC)C2)OC1. The molecule has 8 heterocycles. The fourth-order valence-corrected chi connectivity index (χ4v) is 19.6. The molecule has 0 aromatic rings. The van der Waals surface area contributed by atoms with Crippen molar-refractivity contribution in [1.29, 1.82) is 0 Å². The van der Waals surface area contributed by atoms with Crippen molar-refractivity contribution in [2.75, 3.05) is 72.7 Å². The highest BCUT2D eigenvalue weighted by Crippen LogP contribution is 2.57. The zero-order chi connectivity index (χ0) is 91.2. The molecule has 7 unspecified atom stereocenters. The maximum Gasteiger partial charge on any atom is 0.322 e. The van der Waals surface area contributed by atoms with Crippen LogP contribution in [0.3, 0.4) is 0 Å². The molecule has 26 nitrogen and oxygen atoms in total. The van der Waals surface area contributed by atoms with Gasteiger partial charge < -0.3 is 71.5 Å². The zero-order valence-electron chi connectivity index (χ0n) is 81.5. The summed E-state index contributed by atoms with van der Waals surface area (Å²) < 4.78 is 67.5. The number of nitrogens with zero attached hydrogens (tertiary/aromatic N) is 4. The molecule has 8 aliphatic heterocycles. The highest BCUT2D eigenvalue weighted by Gasteiger charge is 2.67. The lowest BCUT2D eigenvalue weighted by Gasteiger charge is -2.63. The fraction of sp³-hybridized carbons (Fsp3) is 0.926. The van der Waals surface area contributed by atoms with E-state index in [0.717, 1.165) is 64.2 Å². The monoisotopic (exact) mass is 1720 g/mol. The number of carbonyl (C=O) groups is 7. The highest BCUT2D eigenvalue weighted by molar-refractivity contribution is 5.69. The summed E-state index contributed by atoms with van der Waals surface area (Å²) in [4.78, 5) is 105. The summed E-state index contributed by atoms with van der Waals surface area (Å²) in [6.07, 6.45) is 30.9. The first-order chi connectivity index (χ1) is 56.2. The van der Waals surface area contributed by atoms with Crippen molar-refractivity contribution >= 4 is 41.8 Å². The van der Waals surface area contributed by atoms with E-state index in [1.54, 1.807) is 5.06 Å². The van der Waals surface area contributed by atoms with E-state index in [9.17, 15) is 33.6 Å². The van der Waals surface area contributed by atoms with Crippen molar-refractivity contribution in [2.45, 2.75) is 467 Å². The predicted molar refractivity (Wildman–Crippen MR) is 466 cm³/mol. The Labute approximate surface area is 731 Å². The van der Waals surface area contributed by atoms with Crippen LogP contribution in [0, 0.1) is 27.6 Å². The van der Waals surface area contributed by atoms with Gasteiger partial charge in [-0.25, -0.2) is 0 Å². The van der Waals surface area contributed by atoms with Gasteiger partial charge in [0.05, 0.1) is 108 Å². The molecule has 704 valence electrons.